The Balaban J connectivity index is 1.72. The summed E-state index contributed by atoms with van der Waals surface area (Å²) in [5, 5.41) is 7.10. The molecule has 0 fully saturated rings. The number of amides is 1. The summed E-state index contributed by atoms with van der Waals surface area (Å²) in [5.41, 5.74) is 2.70. The van der Waals surface area contributed by atoms with Gasteiger partial charge in [-0.05, 0) is 38.1 Å². The predicted octanol–water partition coefficient (Wildman–Crippen LogP) is 2.02. The second-order valence-corrected chi connectivity index (χ2v) is 5.28. The molecule has 7 nitrogen and oxygen atoms in total. The maximum Gasteiger partial charge on any atom is 0.270 e. The van der Waals surface area contributed by atoms with Gasteiger partial charge in [0.15, 0.2) is 5.76 Å². The largest absolute Gasteiger partial charge is 0.460 e. The number of carbonyl (C=O) groups is 1. The first-order valence-corrected chi connectivity index (χ1v) is 7.19. The third-order valence-corrected chi connectivity index (χ3v) is 3.49. The Morgan fingerprint density at radius 1 is 1.26 bits per heavy atom. The van der Waals surface area contributed by atoms with Crippen LogP contribution in [0.15, 0.2) is 35.0 Å². The zero-order valence-electron chi connectivity index (χ0n) is 13.2. The van der Waals surface area contributed by atoms with Gasteiger partial charge in [-0.25, -0.2) is 9.97 Å². The number of rotatable bonds is 4. The fraction of sp³-hybridized carbons (Fsp3) is 0.250. The number of hydrogen-bond donors (Lipinski definition) is 1. The highest BCUT2D eigenvalue weighted by Gasteiger charge is 2.12. The molecule has 23 heavy (non-hydrogen) atoms. The molecule has 0 aliphatic rings. The van der Waals surface area contributed by atoms with Crippen LogP contribution in [0.1, 0.15) is 27.6 Å². The van der Waals surface area contributed by atoms with Crippen LogP contribution in [-0.2, 0) is 13.6 Å². The smallest absolute Gasteiger partial charge is 0.270 e. The highest BCUT2D eigenvalue weighted by Crippen LogP contribution is 2.19. The quantitative estimate of drug-likeness (QED) is 0.796. The van der Waals surface area contributed by atoms with E-state index in [0.29, 0.717) is 18.0 Å². The van der Waals surface area contributed by atoms with Gasteiger partial charge in [0.05, 0.1) is 12.2 Å². The summed E-state index contributed by atoms with van der Waals surface area (Å²) in [6, 6.07) is 7.20. The number of aryl methyl sites for hydroxylation is 3. The first kappa shape index (κ1) is 15.0. The maximum atomic E-state index is 12.2. The fourth-order valence-electron chi connectivity index (χ4n) is 2.17. The third kappa shape index (κ3) is 3.28. The minimum atomic E-state index is -0.278. The molecule has 0 radical (unpaired) electrons. The molecule has 1 amide bonds. The van der Waals surface area contributed by atoms with Gasteiger partial charge in [-0.15, -0.1) is 0 Å². The first-order valence-electron chi connectivity index (χ1n) is 7.19. The van der Waals surface area contributed by atoms with Crippen LogP contribution in [0.25, 0.3) is 11.5 Å². The number of nitrogens with zero attached hydrogens (tertiary/aromatic N) is 4. The summed E-state index contributed by atoms with van der Waals surface area (Å²) in [4.78, 5) is 20.4. The molecule has 3 heterocycles. The van der Waals surface area contributed by atoms with Gasteiger partial charge in [0.25, 0.3) is 5.91 Å². The van der Waals surface area contributed by atoms with Gasteiger partial charge in [0.1, 0.15) is 23.5 Å². The van der Waals surface area contributed by atoms with Crippen molar-refractivity contribution in [2.75, 3.05) is 0 Å². The lowest BCUT2D eigenvalue weighted by Crippen LogP contribution is -2.24. The van der Waals surface area contributed by atoms with E-state index < -0.39 is 0 Å². The Morgan fingerprint density at radius 2 is 2.09 bits per heavy atom. The van der Waals surface area contributed by atoms with Crippen LogP contribution in [0.3, 0.4) is 0 Å². The normalized spacial score (nSPS) is 10.7. The third-order valence-electron chi connectivity index (χ3n) is 3.49. The number of furan rings is 1. The Labute approximate surface area is 133 Å². The van der Waals surface area contributed by atoms with E-state index in [1.807, 2.05) is 39.1 Å². The second kappa shape index (κ2) is 6.04. The lowest BCUT2D eigenvalue weighted by Gasteiger charge is -2.03. The van der Waals surface area contributed by atoms with Gasteiger partial charge >= 0.3 is 0 Å². The molecule has 0 saturated carbocycles. The van der Waals surface area contributed by atoms with Gasteiger partial charge in [0, 0.05) is 12.7 Å². The minimum Gasteiger partial charge on any atom is -0.460 e. The van der Waals surface area contributed by atoms with E-state index in [1.165, 1.54) is 6.33 Å². The molecule has 0 spiro atoms. The van der Waals surface area contributed by atoms with Crippen molar-refractivity contribution in [1.29, 1.82) is 0 Å². The molecule has 0 aromatic carbocycles. The van der Waals surface area contributed by atoms with Crippen LogP contribution in [0.5, 0.6) is 0 Å². The lowest BCUT2D eigenvalue weighted by molar-refractivity contribution is 0.0945. The van der Waals surface area contributed by atoms with Crippen molar-refractivity contribution >= 4 is 5.91 Å². The van der Waals surface area contributed by atoms with Crippen LogP contribution in [0.2, 0.25) is 0 Å². The Kier molecular flexibility index (Phi) is 3.92. The molecule has 0 atom stereocenters. The summed E-state index contributed by atoms with van der Waals surface area (Å²) in [5.74, 6) is 1.12. The molecule has 3 rings (SSSR count). The average molecular weight is 311 g/mol. The van der Waals surface area contributed by atoms with Crippen LogP contribution < -0.4 is 5.32 Å². The Morgan fingerprint density at radius 3 is 2.74 bits per heavy atom. The number of carbonyl (C=O) groups excluding carboxylic acids is 1. The van der Waals surface area contributed by atoms with E-state index in [-0.39, 0.29) is 11.6 Å². The molecule has 0 unspecified atom stereocenters. The van der Waals surface area contributed by atoms with E-state index in [0.717, 1.165) is 17.1 Å². The van der Waals surface area contributed by atoms with E-state index in [1.54, 1.807) is 10.7 Å². The van der Waals surface area contributed by atoms with E-state index in [9.17, 15) is 4.79 Å². The van der Waals surface area contributed by atoms with Gasteiger partial charge in [0.2, 0.25) is 0 Å². The van der Waals surface area contributed by atoms with Crippen LogP contribution in [-0.4, -0.2) is 25.7 Å². The van der Waals surface area contributed by atoms with Crippen molar-refractivity contribution in [2.45, 2.75) is 20.4 Å². The SMILES string of the molecule is Cc1ccc(-c2cc(C(=O)NCc3cc(C)n(C)n3)ncn2)o1. The number of nitrogens with one attached hydrogen (secondary N) is 1. The number of hydrogen-bond acceptors (Lipinski definition) is 5. The van der Waals surface area contributed by atoms with Gasteiger partial charge < -0.3 is 9.73 Å². The average Bonchev–Trinajstić information content (AvgIpc) is 3.11. The zero-order valence-corrected chi connectivity index (χ0v) is 13.2. The van der Waals surface area contributed by atoms with Crippen molar-refractivity contribution in [3.8, 4) is 11.5 Å². The van der Waals surface area contributed by atoms with Gasteiger partial charge in [-0.2, -0.15) is 5.10 Å². The zero-order chi connectivity index (χ0) is 16.4. The van der Waals surface area contributed by atoms with Crippen molar-refractivity contribution in [1.82, 2.24) is 25.1 Å². The van der Waals surface area contributed by atoms with Crippen LogP contribution >= 0.6 is 0 Å². The lowest BCUT2D eigenvalue weighted by atomic mass is 10.2. The van der Waals surface area contributed by atoms with E-state index in [4.69, 9.17) is 4.42 Å². The van der Waals surface area contributed by atoms with Gasteiger partial charge in [-0.3, -0.25) is 9.48 Å². The number of aromatic nitrogens is 4. The second-order valence-electron chi connectivity index (χ2n) is 5.28. The van der Waals surface area contributed by atoms with Gasteiger partial charge in [-0.1, -0.05) is 0 Å². The van der Waals surface area contributed by atoms with Crippen molar-refractivity contribution in [3.63, 3.8) is 0 Å². The summed E-state index contributed by atoms with van der Waals surface area (Å²) in [6.45, 7) is 4.16. The first-order chi connectivity index (χ1) is 11.0. The molecule has 7 heteroatoms. The highest BCUT2D eigenvalue weighted by molar-refractivity contribution is 5.92. The van der Waals surface area contributed by atoms with Crippen molar-refractivity contribution in [2.24, 2.45) is 7.05 Å². The van der Waals surface area contributed by atoms with Crippen molar-refractivity contribution in [3.05, 3.63) is 53.4 Å². The molecule has 3 aromatic rings. The Hall–Kier alpha value is -2.96. The van der Waals surface area contributed by atoms with E-state index in [2.05, 4.69) is 20.4 Å². The fourth-order valence-corrected chi connectivity index (χ4v) is 2.17. The molecule has 0 aliphatic carbocycles. The summed E-state index contributed by atoms with van der Waals surface area (Å²) >= 11 is 0. The molecular weight excluding hydrogens is 294 g/mol. The maximum absolute atomic E-state index is 12.2. The molecule has 118 valence electrons. The predicted molar refractivity (Wildman–Crippen MR) is 83.6 cm³/mol. The van der Waals surface area contributed by atoms with E-state index >= 15 is 0 Å². The molecule has 3 aromatic heterocycles. The molecule has 0 aliphatic heterocycles. The highest BCUT2D eigenvalue weighted by atomic mass is 16.3. The molecule has 1 N–H and O–H groups in total. The van der Waals surface area contributed by atoms with Crippen molar-refractivity contribution < 1.29 is 9.21 Å². The Bertz CT molecular complexity index is 830. The monoisotopic (exact) mass is 311 g/mol. The minimum absolute atomic E-state index is 0.278. The summed E-state index contributed by atoms with van der Waals surface area (Å²) in [7, 11) is 1.86. The standard InChI is InChI=1S/C16H17N5O2/c1-10-6-12(20-21(10)3)8-17-16(22)14-7-13(18-9-19-14)15-5-4-11(2)23-15/h4-7,9H,8H2,1-3H3,(H,17,22). The summed E-state index contributed by atoms with van der Waals surface area (Å²) < 4.78 is 7.28. The van der Waals surface area contributed by atoms with Crippen LogP contribution in [0.4, 0.5) is 0 Å². The molecule has 0 saturated heterocycles. The summed E-state index contributed by atoms with van der Waals surface area (Å²) in [6.07, 6.45) is 1.35. The molecular formula is C16H17N5O2. The topological polar surface area (TPSA) is 85.8 Å². The van der Waals surface area contributed by atoms with Crippen LogP contribution in [0, 0.1) is 13.8 Å². The molecule has 0 bridgehead atoms.